The van der Waals surface area contributed by atoms with Gasteiger partial charge in [-0.25, -0.2) is 0 Å². The highest BCUT2D eigenvalue weighted by molar-refractivity contribution is 4.49. The third kappa shape index (κ3) is 8.10. The molecule has 0 aromatic carbocycles. The van der Waals surface area contributed by atoms with Crippen molar-refractivity contribution >= 4 is 0 Å². The van der Waals surface area contributed by atoms with Gasteiger partial charge >= 0.3 is 0 Å². The first-order valence-electron chi connectivity index (χ1n) is 8.20. The van der Waals surface area contributed by atoms with E-state index in [9.17, 15) is 5.11 Å². The normalized spacial score (nSPS) is 12.0. The predicted octanol–water partition coefficient (Wildman–Crippen LogP) is 3.98. The number of unbranched alkanes of at least 4 members (excludes halogenated alkanes) is 5. The van der Waals surface area contributed by atoms with Gasteiger partial charge in [0.05, 0.1) is 26.2 Å². The van der Waals surface area contributed by atoms with Crippen LogP contribution in [0, 0.1) is 0 Å². The molecular weight excluding hydrogens is 222 g/mol. The average molecular weight is 258 g/mol. The molecule has 0 heterocycles. The van der Waals surface area contributed by atoms with Gasteiger partial charge in [-0.05, 0) is 32.1 Å². The first-order valence-corrected chi connectivity index (χ1v) is 8.20. The van der Waals surface area contributed by atoms with Crippen LogP contribution in [0.1, 0.15) is 72.1 Å². The molecule has 0 aliphatic carbocycles. The molecule has 0 saturated carbocycles. The summed E-state index contributed by atoms with van der Waals surface area (Å²) in [5.41, 5.74) is 0. The molecule has 110 valence electrons. The van der Waals surface area contributed by atoms with E-state index < -0.39 is 0 Å². The predicted molar refractivity (Wildman–Crippen MR) is 80.8 cm³/mol. The maximum atomic E-state index is 9.40. The number of aliphatic hydroxyl groups is 1. The van der Waals surface area contributed by atoms with Crippen molar-refractivity contribution in [1.29, 1.82) is 0 Å². The zero-order valence-corrected chi connectivity index (χ0v) is 13.1. The molecule has 18 heavy (non-hydrogen) atoms. The first kappa shape index (κ1) is 17.9. The maximum Gasteiger partial charge on any atom is 0.102 e. The van der Waals surface area contributed by atoms with Crippen molar-refractivity contribution in [3.8, 4) is 0 Å². The highest BCUT2D eigenvalue weighted by atomic mass is 16.3. The van der Waals surface area contributed by atoms with Crippen LogP contribution in [-0.4, -0.2) is 42.4 Å². The Balaban J connectivity index is 4.34. The van der Waals surface area contributed by atoms with E-state index in [0.29, 0.717) is 6.61 Å². The Morgan fingerprint density at radius 1 is 0.611 bits per heavy atom. The van der Waals surface area contributed by atoms with Crippen LogP contribution in [0.25, 0.3) is 0 Å². The topological polar surface area (TPSA) is 20.2 Å². The van der Waals surface area contributed by atoms with E-state index in [4.69, 9.17) is 0 Å². The zero-order valence-electron chi connectivity index (χ0n) is 13.1. The third-order valence-corrected chi connectivity index (χ3v) is 4.03. The van der Waals surface area contributed by atoms with Crippen LogP contribution >= 0.6 is 0 Å². The average Bonchev–Trinajstić information content (AvgIpc) is 2.37. The number of hydrogen-bond donors (Lipinski definition) is 1. The molecule has 0 unspecified atom stereocenters. The second-order valence-corrected chi connectivity index (χ2v) is 5.73. The van der Waals surface area contributed by atoms with E-state index in [0.717, 1.165) is 6.54 Å². The fourth-order valence-electron chi connectivity index (χ4n) is 2.77. The van der Waals surface area contributed by atoms with Crippen molar-refractivity contribution in [2.75, 3.05) is 32.8 Å². The summed E-state index contributed by atoms with van der Waals surface area (Å²) in [4.78, 5) is 0. The number of hydrogen-bond acceptors (Lipinski definition) is 1. The van der Waals surface area contributed by atoms with Crippen molar-refractivity contribution in [1.82, 2.24) is 0 Å². The van der Waals surface area contributed by atoms with Crippen LogP contribution in [0.5, 0.6) is 0 Å². The molecule has 0 bridgehead atoms. The Hall–Kier alpha value is -0.0800. The molecule has 0 atom stereocenters. The summed E-state index contributed by atoms with van der Waals surface area (Å²) >= 11 is 0. The summed E-state index contributed by atoms with van der Waals surface area (Å²) in [6, 6.07) is 0. The molecule has 0 aromatic rings. The van der Waals surface area contributed by atoms with Crippen molar-refractivity contribution in [3.63, 3.8) is 0 Å². The van der Waals surface area contributed by atoms with Crippen LogP contribution < -0.4 is 0 Å². The van der Waals surface area contributed by atoms with Gasteiger partial charge in [0, 0.05) is 0 Å². The molecule has 0 aromatic heterocycles. The summed E-state index contributed by atoms with van der Waals surface area (Å²) in [5.74, 6) is 0. The summed E-state index contributed by atoms with van der Waals surface area (Å²) in [5, 5.41) is 9.40. The highest BCUT2D eigenvalue weighted by Crippen LogP contribution is 2.15. The van der Waals surface area contributed by atoms with Crippen molar-refractivity contribution < 1.29 is 9.59 Å². The largest absolute Gasteiger partial charge is 0.391 e. The molecule has 0 aliphatic rings. The lowest BCUT2D eigenvalue weighted by atomic mass is 10.1. The molecule has 0 amide bonds. The summed E-state index contributed by atoms with van der Waals surface area (Å²) in [6.45, 7) is 11.9. The van der Waals surface area contributed by atoms with Crippen molar-refractivity contribution in [3.05, 3.63) is 0 Å². The van der Waals surface area contributed by atoms with Gasteiger partial charge in [-0.3, -0.25) is 0 Å². The summed E-state index contributed by atoms with van der Waals surface area (Å²) in [6.07, 6.45) is 10.5. The number of aliphatic hydroxyl groups excluding tert-OH is 1. The van der Waals surface area contributed by atoms with Gasteiger partial charge in [0.2, 0.25) is 0 Å². The monoisotopic (exact) mass is 258 g/mol. The number of rotatable bonds is 13. The molecule has 2 nitrogen and oxygen atoms in total. The molecule has 0 rings (SSSR count). The Morgan fingerprint density at radius 2 is 1.06 bits per heavy atom. The molecular formula is C16H36NO+. The van der Waals surface area contributed by atoms with Crippen LogP contribution in [0.15, 0.2) is 0 Å². The Morgan fingerprint density at radius 3 is 1.44 bits per heavy atom. The van der Waals surface area contributed by atoms with Gasteiger partial charge in [0.25, 0.3) is 0 Å². The van der Waals surface area contributed by atoms with Gasteiger partial charge in [0.15, 0.2) is 0 Å². The fraction of sp³-hybridized carbons (Fsp3) is 1.00. The molecule has 0 saturated heterocycles. The van der Waals surface area contributed by atoms with E-state index >= 15 is 0 Å². The lowest BCUT2D eigenvalue weighted by Gasteiger charge is -2.39. The van der Waals surface area contributed by atoms with E-state index in [1.165, 1.54) is 75.5 Å². The molecule has 1 N–H and O–H groups in total. The van der Waals surface area contributed by atoms with E-state index in [1.807, 2.05) is 0 Å². The van der Waals surface area contributed by atoms with Crippen LogP contribution in [-0.2, 0) is 0 Å². The van der Waals surface area contributed by atoms with E-state index in [1.54, 1.807) is 0 Å². The van der Waals surface area contributed by atoms with Gasteiger partial charge in [0.1, 0.15) is 6.54 Å². The summed E-state index contributed by atoms with van der Waals surface area (Å²) in [7, 11) is 0. The SMILES string of the molecule is CCCCC[N+](CCO)(CCCC)CCCCC. The smallest absolute Gasteiger partial charge is 0.102 e. The molecule has 0 radical (unpaired) electrons. The maximum absolute atomic E-state index is 9.40. The number of nitrogens with zero attached hydrogens (tertiary/aromatic N) is 1. The minimum Gasteiger partial charge on any atom is -0.391 e. The lowest BCUT2D eigenvalue weighted by Crippen LogP contribution is -2.51. The van der Waals surface area contributed by atoms with Crippen LogP contribution in [0.3, 0.4) is 0 Å². The Labute approximate surface area is 115 Å². The molecule has 0 aliphatic heterocycles. The van der Waals surface area contributed by atoms with Crippen LogP contribution in [0.4, 0.5) is 0 Å². The molecule has 0 spiro atoms. The van der Waals surface area contributed by atoms with Gasteiger partial charge in [-0.2, -0.15) is 0 Å². The van der Waals surface area contributed by atoms with Crippen LogP contribution in [0.2, 0.25) is 0 Å². The van der Waals surface area contributed by atoms with Gasteiger partial charge in [-0.1, -0.05) is 40.0 Å². The van der Waals surface area contributed by atoms with Gasteiger partial charge < -0.3 is 9.59 Å². The highest BCUT2D eigenvalue weighted by Gasteiger charge is 2.24. The third-order valence-electron chi connectivity index (χ3n) is 4.03. The fourth-order valence-corrected chi connectivity index (χ4v) is 2.77. The minimum atomic E-state index is 0.349. The summed E-state index contributed by atoms with van der Waals surface area (Å²) < 4.78 is 1.17. The Kier molecular flexibility index (Phi) is 11.9. The Bertz CT molecular complexity index is 160. The molecule has 0 fully saturated rings. The zero-order chi connectivity index (χ0) is 13.7. The van der Waals surface area contributed by atoms with Crippen molar-refractivity contribution in [2.24, 2.45) is 0 Å². The van der Waals surface area contributed by atoms with E-state index in [-0.39, 0.29) is 0 Å². The van der Waals surface area contributed by atoms with E-state index in [2.05, 4.69) is 20.8 Å². The first-order chi connectivity index (χ1) is 8.74. The second kappa shape index (κ2) is 12.0. The number of quaternary nitrogens is 1. The quantitative estimate of drug-likeness (QED) is 0.391. The lowest BCUT2D eigenvalue weighted by molar-refractivity contribution is -0.929. The standard InChI is InChI=1S/C16H36NO/c1-4-7-10-13-17(15-16-18,12-9-6-3)14-11-8-5-2/h18H,4-16H2,1-3H3/q+1. The van der Waals surface area contributed by atoms with Crippen molar-refractivity contribution in [2.45, 2.75) is 72.1 Å². The molecule has 2 heteroatoms. The minimum absolute atomic E-state index is 0.349. The second-order valence-electron chi connectivity index (χ2n) is 5.73. The van der Waals surface area contributed by atoms with Gasteiger partial charge in [-0.15, -0.1) is 0 Å².